The smallest absolute Gasteiger partial charge is 0.225 e. The zero-order chi connectivity index (χ0) is 12.1. The molecule has 1 aliphatic rings. The molecular weight excluding hydrogens is 287 g/mol. The Balaban J connectivity index is 0.00000162. The Morgan fingerprint density at radius 3 is 2.89 bits per heavy atom. The monoisotopic (exact) mass is 308 g/mol. The van der Waals surface area contributed by atoms with Gasteiger partial charge in [0.15, 0.2) is 0 Å². The molecule has 0 saturated carbocycles. The average molecular weight is 309 g/mol. The molecule has 0 aliphatic carbocycles. The van der Waals surface area contributed by atoms with Crippen LogP contribution in [0.15, 0.2) is 12.4 Å². The van der Waals surface area contributed by atoms with Crippen LogP contribution < -0.4 is 5.32 Å². The van der Waals surface area contributed by atoms with Gasteiger partial charge in [-0.2, -0.15) is 0 Å². The summed E-state index contributed by atoms with van der Waals surface area (Å²) < 4.78 is 0. The fraction of sp³-hybridized carbons (Fsp3) is 0.667. The Morgan fingerprint density at radius 2 is 2.21 bits per heavy atom. The minimum atomic E-state index is 0. The summed E-state index contributed by atoms with van der Waals surface area (Å²) in [6, 6.07) is 0. The molecule has 19 heavy (non-hydrogen) atoms. The first-order valence-corrected chi connectivity index (χ1v) is 6.21. The van der Waals surface area contributed by atoms with Gasteiger partial charge in [-0.05, 0) is 32.4 Å². The number of carbonyl (C=O) groups is 1. The molecule has 1 aromatic heterocycles. The van der Waals surface area contributed by atoms with Crippen LogP contribution in [-0.2, 0) is 11.3 Å². The van der Waals surface area contributed by atoms with Gasteiger partial charge >= 0.3 is 0 Å². The van der Waals surface area contributed by atoms with Crippen molar-refractivity contribution < 1.29 is 4.79 Å². The van der Waals surface area contributed by atoms with Crippen LogP contribution in [0.2, 0.25) is 0 Å². The molecule has 1 atom stereocenters. The normalized spacial score (nSPS) is 18.7. The zero-order valence-electron chi connectivity index (χ0n) is 11.1. The van der Waals surface area contributed by atoms with Gasteiger partial charge in [0.25, 0.3) is 0 Å². The van der Waals surface area contributed by atoms with E-state index in [0.717, 1.165) is 38.2 Å². The van der Waals surface area contributed by atoms with Gasteiger partial charge in [0.2, 0.25) is 5.91 Å². The molecule has 0 aromatic carbocycles. The molecule has 1 aromatic rings. The number of imidazole rings is 1. The first-order chi connectivity index (χ1) is 8.27. The van der Waals surface area contributed by atoms with Crippen LogP contribution >= 0.6 is 24.8 Å². The van der Waals surface area contributed by atoms with Crippen molar-refractivity contribution in [2.45, 2.75) is 25.8 Å². The van der Waals surface area contributed by atoms with Crippen molar-refractivity contribution in [3.63, 3.8) is 0 Å². The molecular formula is C12H22Cl2N4O. The van der Waals surface area contributed by atoms with Crippen molar-refractivity contribution in [2.75, 3.05) is 20.1 Å². The van der Waals surface area contributed by atoms with E-state index in [1.165, 1.54) is 0 Å². The number of halogens is 2. The minimum Gasteiger partial charge on any atom is -0.347 e. The molecule has 7 heteroatoms. The van der Waals surface area contributed by atoms with Crippen LogP contribution in [0.5, 0.6) is 0 Å². The first-order valence-electron chi connectivity index (χ1n) is 6.21. The summed E-state index contributed by atoms with van der Waals surface area (Å²) in [4.78, 5) is 21.2. The number of nitrogens with zero attached hydrogens (tertiary/aromatic N) is 2. The van der Waals surface area contributed by atoms with Gasteiger partial charge in [-0.3, -0.25) is 4.79 Å². The van der Waals surface area contributed by atoms with Crippen molar-refractivity contribution in [2.24, 2.45) is 5.92 Å². The fourth-order valence-corrected chi connectivity index (χ4v) is 2.26. The maximum atomic E-state index is 12.2. The van der Waals surface area contributed by atoms with Crippen LogP contribution in [-0.4, -0.2) is 40.9 Å². The number of hydrogen-bond donors (Lipinski definition) is 2. The summed E-state index contributed by atoms with van der Waals surface area (Å²) in [7, 11) is 1.85. The number of carbonyl (C=O) groups excluding carboxylic acids is 1. The highest BCUT2D eigenvalue weighted by Crippen LogP contribution is 2.16. The highest BCUT2D eigenvalue weighted by molar-refractivity contribution is 5.85. The van der Waals surface area contributed by atoms with Crippen molar-refractivity contribution in [1.29, 1.82) is 0 Å². The van der Waals surface area contributed by atoms with Crippen LogP contribution in [0.1, 0.15) is 25.1 Å². The molecule has 2 N–H and O–H groups in total. The van der Waals surface area contributed by atoms with Gasteiger partial charge in [-0.25, -0.2) is 4.98 Å². The summed E-state index contributed by atoms with van der Waals surface area (Å²) in [6.07, 6.45) is 6.52. The van der Waals surface area contributed by atoms with Crippen LogP contribution in [0, 0.1) is 5.92 Å². The summed E-state index contributed by atoms with van der Waals surface area (Å²) in [5.41, 5.74) is 0. The molecule has 0 spiro atoms. The maximum Gasteiger partial charge on any atom is 0.225 e. The van der Waals surface area contributed by atoms with Crippen molar-refractivity contribution in [1.82, 2.24) is 20.2 Å². The Morgan fingerprint density at radius 1 is 1.42 bits per heavy atom. The van der Waals surface area contributed by atoms with Gasteiger partial charge in [-0.1, -0.05) is 0 Å². The van der Waals surface area contributed by atoms with Crippen LogP contribution in [0.3, 0.4) is 0 Å². The lowest BCUT2D eigenvalue weighted by atomic mass is 9.99. The van der Waals surface area contributed by atoms with Gasteiger partial charge < -0.3 is 15.2 Å². The third kappa shape index (κ3) is 5.38. The Bertz CT molecular complexity index is 351. The second kappa shape index (κ2) is 9.18. The predicted octanol–water partition coefficient (Wildman–Crippen LogP) is 1.60. The third-order valence-electron chi connectivity index (χ3n) is 3.24. The highest BCUT2D eigenvalue weighted by Gasteiger charge is 2.23. The van der Waals surface area contributed by atoms with Gasteiger partial charge in [0.05, 0.1) is 6.54 Å². The molecule has 1 aliphatic heterocycles. The second-order valence-electron chi connectivity index (χ2n) is 4.61. The van der Waals surface area contributed by atoms with E-state index in [1.807, 2.05) is 7.05 Å². The molecule has 5 nitrogen and oxygen atoms in total. The van der Waals surface area contributed by atoms with E-state index in [1.54, 1.807) is 17.3 Å². The number of H-pyrrole nitrogens is 1. The molecule has 110 valence electrons. The van der Waals surface area contributed by atoms with Crippen molar-refractivity contribution >= 4 is 30.7 Å². The highest BCUT2D eigenvalue weighted by atomic mass is 35.5. The molecule has 1 saturated heterocycles. The van der Waals surface area contributed by atoms with E-state index in [0.29, 0.717) is 6.54 Å². The van der Waals surface area contributed by atoms with Gasteiger partial charge in [-0.15, -0.1) is 24.8 Å². The lowest BCUT2D eigenvalue weighted by Gasteiger charge is -2.21. The van der Waals surface area contributed by atoms with Crippen LogP contribution in [0.4, 0.5) is 0 Å². The summed E-state index contributed by atoms with van der Waals surface area (Å²) in [6.45, 7) is 2.55. The number of nitrogens with one attached hydrogen (secondary N) is 2. The average Bonchev–Trinajstić information content (AvgIpc) is 2.68. The van der Waals surface area contributed by atoms with Crippen LogP contribution in [0.25, 0.3) is 0 Å². The van der Waals surface area contributed by atoms with Crippen molar-refractivity contribution in [3.05, 3.63) is 18.2 Å². The number of rotatable bonds is 3. The van der Waals surface area contributed by atoms with E-state index in [4.69, 9.17) is 0 Å². The van der Waals surface area contributed by atoms with E-state index < -0.39 is 0 Å². The predicted molar refractivity (Wildman–Crippen MR) is 79.8 cm³/mol. The molecule has 0 radical (unpaired) electrons. The van der Waals surface area contributed by atoms with Gasteiger partial charge in [0.1, 0.15) is 5.82 Å². The minimum absolute atomic E-state index is 0. The standard InChI is InChI=1S/C12H20N4O.2ClH/c1-16(9-11-14-7-8-15-11)12(17)10-3-2-5-13-6-4-10;;/h7-8,10,13H,2-6,9H2,1H3,(H,14,15);2*1H. The molecule has 0 bridgehead atoms. The lowest BCUT2D eigenvalue weighted by Crippen LogP contribution is -2.33. The van der Waals surface area contributed by atoms with Crippen molar-refractivity contribution in [3.8, 4) is 0 Å². The second-order valence-corrected chi connectivity index (χ2v) is 4.61. The number of hydrogen-bond acceptors (Lipinski definition) is 3. The number of aromatic nitrogens is 2. The fourth-order valence-electron chi connectivity index (χ4n) is 2.26. The summed E-state index contributed by atoms with van der Waals surface area (Å²) in [5.74, 6) is 1.25. The van der Waals surface area contributed by atoms with E-state index >= 15 is 0 Å². The Labute approximate surface area is 126 Å². The van der Waals surface area contributed by atoms with E-state index in [-0.39, 0.29) is 36.6 Å². The summed E-state index contributed by atoms with van der Waals surface area (Å²) in [5, 5.41) is 3.33. The van der Waals surface area contributed by atoms with Gasteiger partial charge in [0, 0.05) is 25.4 Å². The molecule has 2 heterocycles. The third-order valence-corrected chi connectivity index (χ3v) is 3.24. The van der Waals surface area contributed by atoms with E-state index in [2.05, 4.69) is 15.3 Å². The Kier molecular flexibility index (Phi) is 8.80. The zero-order valence-corrected chi connectivity index (χ0v) is 12.7. The first kappa shape index (κ1) is 18.2. The largest absolute Gasteiger partial charge is 0.347 e. The molecule has 2 rings (SSSR count). The SMILES string of the molecule is CN(Cc1ncc[nH]1)C(=O)C1CCCNCC1.Cl.Cl. The maximum absolute atomic E-state index is 12.2. The molecule has 1 unspecified atom stereocenters. The molecule has 1 fully saturated rings. The lowest BCUT2D eigenvalue weighted by molar-refractivity contribution is -0.135. The Hall–Kier alpha value is -0.780. The molecule has 1 amide bonds. The topological polar surface area (TPSA) is 61.0 Å². The number of amides is 1. The quantitative estimate of drug-likeness (QED) is 0.891. The van der Waals surface area contributed by atoms with E-state index in [9.17, 15) is 4.79 Å². The summed E-state index contributed by atoms with van der Waals surface area (Å²) >= 11 is 0. The number of aromatic amines is 1.